The van der Waals surface area contributed by atoms with Crippen molar-refractivity contribution >= 4 is 34.5 Å². The number of hydrogen-bond acceptors (Lipinski definition) is 7. The van der Waals surface area contributed by atoms with Crippen molar-refractivity contribution in [2.75, 3.05) is 75.8 Å². The van der Waals surface area contributed by atoms with E-state index in [4.69, 9.17) is 4.74 Å². The van der Waals surface area contributed by atoms with E-state index in [1.54, 1.807) is 6.33 Å². The Hall–Kier alpha value is -3.96. The molecular formula is C29H36N8O3. The topological polar surface area (TPSA) is 110 Å². The summed E-state index contributed by atoms with van der Waals surface area (Å²) >= 11 is 0. The summed E-state index contributed by atoms with van der Waals surface area (Å²) in [5, 5.41) is 4.04. The van der Waals surface area contributed by atoms with Gasteiger partial charge < -0.3 is 29.7 Å². The van der Waals surface area contributed by atoms with Crippen LogP contribution in [0.1, 0.15) is 12.8 Å². The normalized spacial score (nSPS) is 19.1. The van der Waals surface area contributed by atoms with Crippen molar-refractivity contribution < 1.29 is 14.3 Å². The number of amides is 3. The van der Waals surface area contributed by atoms with Crippen LogP contribution in [-0.2, 0) is 9.53 Å². The zero-order valence-electron chi connectivity index (χ0n) is 22.7. The molecule has 11 heteroatoms. The summed E-state index contributed by atoms with van der Waals surface area (Å²) in [6, 6.07) is 10.4. The number of piperazine rings is 1. The lowest BCUT2D eigenvalue weighted by Gasteiger charge is -2.42. The summed E-state index contributed by atoms with van der Waals surface area (Å²) in [5.41, 5.74) is 3.54. The molecule has 6 rings (SSSR count). The molecule has 11 nitrogen and oxygen atoms in total. The Kier molecular flexibility index (Phi) is 7.65. The zero-order chi connectivity index (χ0) is 27.5. The van der Waals surface area contributed by atoms with Gasteiger partial charge in [-0.25, -0.2) is 14.8 Å². The number of likely N-dealkylation sites (tertiary alicyclic amines) is 1. The van der Waals surface area contributed by atoms with Crippen LogP contribution in [0.3, 0.4) is 0 Å². The highest BCUT2D eigenvalue weighted by Crippen LogP contribution is 2.30. The van der Waals surface area contributed by atoms with Gasteiger partial charge in [-0.3, -0.25) is 9.69 Å². The van der Waals surface area contributed by atoms with Crippen LogP contribution in [0.15, 0.2) is 49.3 Å². The summed E-state index contributed by atoms with van der Waals surface area (Å²) in [6.07, 6.45) is 4.93. The van der Waals surface area contributed by atoms with Crippen molar-refractivity contribution in [3.8, 4) is 11.3 Å². The number of urea groups is 1. The van der Waals surface area contributed by atoms with Gasteiger partial charge in [-0.1, -0.05) is 18.7 Å². The molecule has 3 saturated heterocycles. The van der Waals surface area contributed by atoms with E-state index in [-0.39, 0.29) is 11.9 Å². The van der Waals surface area contributed by atoms with Crippen LogP contribution in [0.5, 0.6) is 0 Å². The number of aromatic amines is 1. The van der Waals surface area contributed by atoms with E-state index in [1.807, 2.05) is 34.1 Å². The van der Waals surface area contributed by atoms with E-state index in [9.17, 15) is 9.59 Å². The highest BCUT2D eigenvalue weighted by molar-refractivity contribution is 5.93. The van der Waals surface area contributed by atoms with Gasteiger partial charge in [0.2, 0.25) is 5.91 Å². The third kappa shape index (κ3) is 5.52. The van der Waals surface area contributed by atoms with E-state index < -0.39 is 0 Å². The van der Waals surface area contributed by atoms with Crippen LogP contribution in [0.4, 0.5) is 16.3 Å². The number of fused-ring (bicyclic) bond motifs is 1. The molecule has 3 aliphatic heterocycles. The van der Waals surface area contributed by atoms with Gasteiger partial charge in [-0.05, 0) is 42.7 Å². The van der Waals surface area contributed by atoms with Crippen molar-refractivity contribution in [1.82, 2.24) is 29.7 Å². The molecule has 3 amide bonds. The molecule has 3 aromatic rings. The summed E-state index contributed by atoms with van der Waals surface area (Å²) in [4.78, 5) is 45.6. The minimum atomic E-state index is -0.0742. The number of H-pyrrole nitrogens is 1. The first-order chi connectivity index (χ1) is 19.6. The lowest BCUT2D eigenvalue weighted by Crippen LogP contribution is -2.55. The molecular weight excluding hydrogens is 508 g/mol. The predicted molar refractivity (Wildman–Crippen MR) is 154 cm³/mol. The third-order valence-electron chi connectivity index (χ3n) is 8.23. The third-order valence-corrected chi connectivity index (χ3v) is 8.23. The summed E-state index contributed by atoms with van der Waals surface area (Å²) in [5.74, 6) is 0.939. The average Bonchev–Trinajstić information content (AvgIpc) is 3.46. The molecule has 0 radical (unpaired) electrons. The Morgan fingerprint density at radius 1 is 0.950 bits per heavy atom. The lowest BCUT2D eigenvalue weighted by molar-refractivity contribution is -0.127. The number of aromatic nitrogens is 3. The Morgan fingerprint density at radius 2 is 1.68 bits per heavy atom. The van der Waals surface area contributed by atoms with E-state index in [1.165, 1.54) is 6.08 Å². The van der Waals surface area contributed by atoms with E-state index in [2.05, 4.69) is 42.7 Å². The molecule has 0 spiro atoms. The van der Waals surface area contributed by atoms with Gasteiger partial charge in [0.25, 0.3) is 0 Å². The standard InChI is InChI=1S/C29H36N8O3/c1-2-26(38)35-9-7-23(8-10-35)34-11-13-37(14-12-34)29(39)32-22-5-3-21(4-6-22)25-19-24-27(33-25)30-20-31-28(24)36-15-17-40-18-16-36/h2-6,19-20,23H,1,7-18H2,(H,32,39)(H,30,31,33). The molecule has 40 heavy (non-hydrogen) atoms. The molecule has 0 aliphatic carbocycles. The van der Waals surface area contributed by atoms with Crippen molar-refractivity contribution in [3.05, 3.63) is 49.3 Å². The van der Waals surface area contributed by atoms with Gasteiger partial charge in [-0.2, -0.15) is 0 Å². The monoisotopic (exact) mass is 544 g/mol. The molecule has 2 aromatic heterocycles. The minimum Gasteiger partial charge on any atom is -0.378 e. The number of rotatable bonds is 5. The smallest absolute Gasteiger partial charge is 0.321 e. The quantitative estimate of drug-likeness (QED) is 0.476. The number of carbonyl (C=O) groups excluding carboxylic acids is 2. The van der Waals surface area contributed by atoms with Crippen LogP contribution in [0.2, 0.25) is 0 Å². The lowest BCUT2D eigenvalue weighted by atomic mass is 10.0. The molecule has 210 valence electrons. The fourth-order valence-electron chi connectivity index (χ4n) is 5.92. The number of ether oxygens (including phenoxy) is 1. The van der Waals surface area contributed by atoms with Crippen molar-refractivity contribution in [3.63, 3.8) is 0 Å². The van der Waals surface area contributed by atoms with Crippen LogP contribution < -0.4 is 10.2 Å². The second-order valence-electron chi connectivity index (χ2n) is 10.5. The van der Waals surface area contributed by atoms with Gasteiger partial charge in [0.15, 0.2) is 0 Å². The van der Waals surface area contributed by atoms with E-state index >= 15 is 0 Å². The van der Waals surface area contributed by atoms with Gasteiger partial charge in [0.05, 0.1) is 18.6 Å². The molecule has 2 N–H and O–H groups in total. The highest BCUT2D eigenvalue weighted by atomic mass is 16.5. The average molecular weight is 545 g/mol. The van der Waals surface area contributed by atoms with Crippen LogP contribution in [-0.4, -0.2) is 113 Å². The Labute approximate surface area is 233 Å². The number of benzene rings is 1. The number of carbonyl (C=O) groups is 2. The molecule has 1 aromatic carbocycles. The molecule has 3 aliphatic rings. The maximum atomic E-state index is 13.0. The fraction of sp³-hybridized carbons (Fsp3) is 0.448. The molecule has 0 saturated carbocycles. The first-order valence-corrected chi connectivity index (χ1v) is 14.1. The van der Waals surface area contributed by atoms with Gasteiger partial charge >= 0.3 is 6.03 Å². The molecule has 0 atom stereocenters. The first kappa shape index (κ1) is 26.3. The molecule has 3 fully saturated rings. The van der Waals surface area contributed by atoms with Crippen molar-refractivity contribution in [1.29, 1.82) is 0 Å². The summed E-state index contributed by atoms with van der Waals surface area (Å²) in [7, 11) is 0. The number of nitrogens with zero attached hydrogens (tertiary/aromatic N) is 6. The SMILES string of the molecule is C=CC(=O)N1CCC(N2CCN(C(=O)Nc3ccc(-c4cc5c(N6CCOCC6)ncnc5[nH]4)cc3)CC2)CC1. The molecule has 5 heterocycles. The Balaban J connectivity index is 1.03. The van der Waals surface area contributed by atoms with Crippen LogP contribution in [0.25, 0.3) is 22.3 Å². The second kappa shape index (κ2) is 11.6. The van der Waals surface area contributed by atoms with Gasteiger partial charge in [-0.15, -0.1) is 0 Å². The van der Waals surface area contributed by atoms with Crippen LogP contribution in [0, 0.1) is 0 Å². The predicted octanol–water partition coefficient (Wildman–Crippen LogP) is 2.79. The van der Waals surface area contributed by atoms with Gasteiger partial charge in [0.1, 0.15) is 17.8 Å². The summed E-state index contributed by atoms with van der Waals surface area (Å²) in [6.45, 7) is 11.2. The maximum absolute atomic E-state index is 13.0. The van der Waals surface area contributed by atoms with Crippen LogP contribution >= 0.6 is 0 Å². The van der Waals surface area contributed by atoms with Crippen molar-refractivity contribution in [2.45, 2.75) is 18.9 Å². The minimum absolute atomic E-state index is 0.0153. The molecule has 0 bridgehead atoms. The maximum Gasteiger partial charge on any atom is 0.321 e. The number of morpholine rings is 1. The second-order valence-corrected chi connectivity index (χ2v) is 10.5. The zero-order valence-corrected chi connectivity index (χ0v) is 22.7. The Bertz CT molecular complexity index is 1350. The number of anilines is 2. The fourth-order valence-corrected chi connectivity index (χ4v) is 5.92. The number of hydrogen-bond donors (Lipinski definition) is 2. The summed E-state index contributed by atoms with van der Waals surface area (Å²) < 4.78 is 5.49. The van der Waals surface area contributed by atoms with Gasteiger partial charge in [0, 0.05) is 69.8 Å². The van der Waals surface area contributed by atoms with E-state index in [0.717, 1.165) is 85.9 Å². The largest absolute Gasteiger partial charge is 0.378 e. The molecule has 0 unspecified atom stereocenters. The first-order valence-electron chi connectivity index (χ1n) is 14.1. The Morgan fingerprint density at radius 3 is 2.38 bits per heavy atom. The van der Waals surface area contributed by atoms with Crippen molar-refractivity contribution in [2.24, 2.45) is 0 Å². The highest BCUT2D eigenvalue weighted by Gasteiger charge is 2.29. The number of piperidine rings is 1. The number of nitrogens with one attached hydrogen (secondary N) is 2. The van der Waals surface area contributed by atoms with E-state index in [0.29, 0.717) is 32.3 Å².